The van der Waals surface area contributed by atoms with Crippen LogP contribution in [0.5, 0.6) is 0 Å². The molecule has 0 aliphatic carbocycles. The van der Waals surface area contributed by atoms with Crippen LogP contribution in [0.4, 0.5) is 0 Å². The zero-order chi connectivity index (χ0) is 18.2. The molecule has 1 aromatic rings. The molecule has 6 heteroatoms. The van der Waals surface area contributed by atoms with E-state index < -0.39 is 12.0 Å². The molecule has 2 rings (SSSR count). The Labute approximate surface area is 153 Å². The lowest BCUT2D eigenvalue weighted by Gasteiger charge is -2.23. The molecule has 1 atom stereocenters. The maximum atomic E-state index is 12.8. The number of hydrogen-bond acceptors (Lipinski definition) is 5. The second-order valence-electron chi connectivity index (χ2n) is 6.07. The van der Waals surface area contributed by atoms with Crippen LogP contribution >= 0.6 is 11.8 Å². The van der Waals surface area contributed by atoms with E-state index in [1.165, 1.54) is 7.11 Å². The van der Waals surface area contributed by atoms with Crippen molar-refractivity contribution >= 4 is 29.4 Å². The fraction of sp³-hybridized carbons (Fsp3) is 0.526. The van der Waals surface area contributed by atoms with Crippen molar-refractivity contribution in [3.63, 3.8) is 0 Å². The molecule has 0 N–H and O–H groups in total. The fourth-order valence-electron chi connectivity index (χ4n) is 2.92. The van der Waals surface area contributed by atoms with Crippen LogP contribution in [0.15, 0.2) is 29.2 Å². The average molecular weight is 363 g/mol. The summed E-state index contributed by atoms with van der Waals surface area (Å²) in [6.07, 6.45) is 2.76. The van der Waals surface area contributed by atoms with E-state index in [2.05, 4.69) is 11.7 Å². The highest BCUT2D eigenvalue weighted by atomic mass is 32.2. The van der Waals surface area contributed by atoms with Gasteiger partial charge in [0.15, 0.2) is 5.78 Å². The van der Waals surface area contributed by atoms with E-state index >= 15 is 0 Å². The first-order valence-corrected chi connectivity index (χ1v) is 9.68. The summed E-state index contributed by atoms with van der Waals surface area (Å²) >= 11 is 1.77. The predicted molar refractivity (Wildman–Crippen MR) is 97.8 cm³/mol. The smallest absolute Gasteiger partial charge is 0.305 e. The van der Waals surface area contributed by atoms with Crippen molar-refractivity contribution in [3.8, 4) is 0 Å². The van der Waals surface area contributed by atoms with Crippen LogP contribution in [0.3, 0.4) is 0 Å². The van der Waals surface area contributed by atoms with Gasteiger partial charge in [-0.2, -0.15) is 0 Å². The van der Waals surface area contributed by atoms with E-state index in [4.69, 9.17) is 0 Å². The summed E-state index contributed by atoms with van der Waals surface area (Å²) in [5.41, 5.74) is 0.605. The molecule has 1 unspecified atom stereocenters. The number of carbonyl (C=O) groups excluding carboxylic acids is 3. The fourth-order valence-corrected chi connectivity index (χ4v) is 3.69. The number of hydrogen-bond donors (Lipinski definition) is 0. The first kappa shape index (κ1) is 19.5. The van der Waals surface area contributed by atoms with Gasteiger partial charge in [-0.15, -0.1) is 11.8 Å². The molecular formula is C19H25NO4S. The number of likely N-dealkylation sites (tertiary alicyclic amines) is 1. The molecule has 1 amide bonds. The molecule has 0 aromatic heterocycles. The summed E-state index contributed by atoms with van der Waals surface area (Å²) < 4.78 is 4.57. The zero-order valence-corrected chi connectivity index (χ0v) is 15.6. The van der Waals surface area contributed by atoms with Crippen molar-refractivity contribution in [1.29, 1.82) is 0 Å². The van der Waals surface area contributed by atoms with Crippen molar-refractivity contribution in [2.75, 3.05) is 19.4 Å². The molecule has 0 radical (unpaired) electrons. The standard InChI is InChI=1S/C19H25NO4S/c1-3-13-25-15-8-6-14(7-9-15)19(23)20-12-4-5-16(20)17(21)10-11-18(22)24-2/h6-9,16H,3-5,10-13H2,1-2H3. The summed E-state index contributed by atoms with van der Waals surface area (Å²) in [6, 6.07) is 7.14. The number of methoxy groups -OCH3 is 1. The summed E-state index contributed by atoms with van der Waals surface area (Å²) in [5.74, 6) is 0.479. The van der Waals surface area contributed by atoms with Crippen molar-refractivity contribution in [1.82, 2.24) is 4.90 Å². The SMILES string of the molecule is CCCSc1ccc(C(=O)N2CCCC2C(=O)CCC(=O)OC)cc1. The van der Waals surface area contributed by atoms with Gasteiger partial charge in [-0.25, -0.2) is 0 Å². The number of ether oxygens (including phenoxy) is 1. The third kappa shape index (κ3) is 5.33. The lowest BCUT2D eigenvalue weighted by atomic mass is 10.0. The van der Waals surface area contributed by atoms with Crippen LogP contribution in [0.2, 0.25) is 0 Å². The highest BCUT2D eigenvalue weighted by Gasteiger charge is 2.34. The minimum atomic E-state index is -0.425. The van der Waals surface area contributed by atoms with Crippen molar-refractivity contribution in [3.05, 3.63) is 29.8 Å². The number of esters is 1. The minimum Gasteiger partial charge on any atom is -0.469 e. The van der Waals surface area contributed by atoms with E-state index in [0.717, 1.165) is 23.5 Å². The van der Waals surface area contributed by atoms with E-state index in [1.54, 1.807) is 16.7 Å². The molecule has 1 aliphatic rings. The number of rotatable bonds is 8. The largest absolute Gasteiger partial charge is 0.469 e. The summed E-state index contributed by atoms with van der Waals surface area (Å²) in [4.78, 5) is 39.1. The van der Waals surface area contributed by atoms with Gasteiger partial charge in [0, 0.05) is 23.4 Å². The van der Waals surface area contributed by atoms with Gasteiger partial charge in [-0.3, -0.25) is 14.4 Å². The Balaban J connectivity index is 1.99. The first-order chi connectivity index (χ1) is 12.1. The molecule has 1 aromatic carbocycles. The zero-order valence-electron chi connectivity index (χ0n) is 14.8. The lowest BCUT2D eigenvalue weighted by Crippen LogP contribution is -2.40. The Morgan fingerprint density at radius 2 is 1.92 bits per heavy atom. The molecule has 1 heterocycles. The number of benzene rings is 1. The van der Waals surface area contributed by atoms with Gasteiger partial charge < -0.3 is 9.64 Å². The van der Waals surface area contributed by atoms with Gasteiger partial charge in [0.25, 0.3) is 5.91 Å². The number of amides is 1. The van der Waals surface area contributed by atoms with Crippen LogP contribution < -0.4 is 0 Å². The number of ketones is 1. The second-order valence-corrected chi connectivity index (χ2v) is 7.24. The Morgan fingerprint density at radius 3 is 2.56 bits per heavy atom. The molecule has 5 nitrogen and oxygen atoms in total. The maximum absolute atomic E-state index is 12.8. The van der Waals surface area contributed by atoms with Crippen LogP contribution in [0, 0.1) is 0 Å². The number of thioether (sulfide) groups is 1. The van der Waals surface area contributed by atoms with Crippen molar-refractivity contribution < 1.29 is 19.1 Å². The molecule has 1 fully saturated rings. The van der Waals surface area contributed by atoms with Gasteiger partial charge in [0.1, 0.15) is 0 Å². The summed E-state index contributed by atoms with van der Waals surface area (Å²) in [5, 5.41) is 0. The highest BCUT2D eigenvalue weighted by molar-refractivity contribution is 7.99. The van der Waals surface area contributed by atoms with Crippen LogP contribution in [-0.2, 0) is 14.3 Å². The monoisotopic (exact) mass is 363 g/mol. The van der Waals surface area contributed by atoms with E-state index in [9.17, 15) is 14.4 Å². The van der Waals surface area contributed by atoms with E-state index in [1.807, 2.05) is 24.3 Å². The van der Waals surface area contributed by atoms with Crippen LogP contribution in [0.1, 0.15) is 49.4 Å². The molecule has 0 saturated carbocycles. The maximum Gasteiger partial charge on any atom is 0.305 e. The third-order valence-corrected chi connectivity index (χ3v) is 5.48. The van der Waals surface area contributed by atoms with Gasteiger partial charge in [0.05, 0.1) is 19.6 Å². The minimum absolute atomic E-state index is 0.0635. The van der Waals surface area contributed by atoms with Gasteiger partial charge >= 0.3 is 5.97 Å². The summed E-state index contributed by atoms with van der Waals surface area (Å²) in [6.45, 7) is 2.72. The Morgan fingerprint density at radius 1 is 1.20 bits per heavy atom. The molecule has 0 bridgehead atoms. The van der Waals surface area contributed by atoms with Crippen LogP contribution in [0.25, 0.3) is 0 Å². The molecule has 1 aliphatic heterocycles. The highest BCUT2D eigenvalue weighted by Crippen LogP contribution is 2.24. The second kappa shape index (κ2) is 9.61. The summed E-state index contributed by atoms with van der Waals surface area (Å²) in [7, 11) is 1.31. The van der Waals surface area contributed by atoms with Gasteiger partial charge in [0.2, 0.25) is 0 Å². The molecular weight excluding hydrogens is 338 g/mol. The quantitative estimate of drug-likeness (QED) is 0.524. The average Bonchev–Trinajstić information content (AvgIpc) is 3.13. The Hall–Kier alpha value is -1.82. The lowest BCUT2D eigenvalue weighted by molar-refractivity contribution is -0.142. The van der Waals surface area contributed by atoms with E-state index in [-0.39, 0.29) is 24.5 Å². The number of carbonyl (C=O) groups is 3. The number of nitrogens with zero attached hydrogens (tertiary/aromatic N) is 1. The van der Waals surface area contributed by atoms with Gasteiger partial charge in [-0.1, -0.05) is 6.92 Å². The normalized spacial score (nSPS) is 16.7. The Kier molecular flexibility index (Phi) is 7.50. The number of Topliss-reactive ketones (excluding diaryl/α,β-unsaturated/α-hetero) is 1. The van der Waals surface area contributed by atoms with Crippen LogP contribution in [-0.4, -0.2) is 48.0 Å². The molecule has 1 saturated heterocycles. The molecule has 136 valence electrons. The topological polar surface area (TPSA) is 63.7 Å². The first-order valence-electron chi connectivity index (χ1n) is 8.70. The Bertz CT molecular complexity index is 614. The molecule has 25 heavy (non-hydrogen) atoms. The third-order valence-electron chi connectivity index (χ3n) is 4.26. The molecule has 0 spiro atoms. The van der Waals surface area contributed by atoms with Crippen molar-refractivity contribution in [2.45, 2.75) is 50.0 Å². The predicted octanol–water partition coefficient (Wildman–Crippen LogP) is 3.32. The van der Waals surface area contributed by atoms with Crippen molar-refractivity contribution in [2.24, 2.45) is 0 Å². The van der Waals surface area contributed by atoms with Gasteiger partial charge in [-0.05, 0) is 49.3 Å². The van der Waals surface area contributed by atoms with E-state index in [0.29, 0.717) is 18.5 Å².